The predicted molar refractivity (Wildman–Crippen MR) is 123 cm³/mol. The molecular formula is C23H21Br2FN2O3. The maximum absolute atomic E-state index is 13.4. The predicted octanol–water partition coefficient (Wildman–Crippen LogP) is 6.16. The van der Waals surface area contributed by atoms with Gasteiger partial charge in [0.05, 0.1) is 8.95 Å². The Labute approximate surface area is 196 Å². The molecule has 2 aromatic carbocycles. The van der Waals surface area contributed by atoms with Crippen LogP contribution in [0.3, 0.4) is 0 Å². The van der Waals surface area contributed by atoms with Gasteiger partial charge in [0.15, 0.2) is 0 Å². The molecule has 1 saturated heterocycles. The van der Waals surface area contributed by atoms with E-state index >= 15 is 0 Å². The number of imide groups is 1. The van der Waals surface area contributed by atoms with Gasteiger partial charge in [-0.25, -0.2) is 9.18 Å². The molecule has 2 fully saturated rings. The lowest BCUT2D eigenvalue weighted by molar-refractivity contribution is -0.124. The molecule has 1 saturated carbocycles. The van der Waals surface area contributed by atoms with Crippen LogP contribution in [0.25, 0.3) is 6.08 Å². The zero-order valence-electron chi connectivity index (χ0n) is 16.7. The molecule has 0 bridgehead atoms. The van der Waals surface area contributed by atoms with Gasteiger partial charge >= 0.3 is 6.03 Å². The second kappa shape index (κ2) is 9.53. The molecule has 1 heterocycles. The van der Waals surface area contributed by atoms with E-state index in [0.29, 0.717) is 20.3 Å². The molecule has 1 N–H and O–H groups in total. The van der Waals surface area contributed by atoms with Gasteiger partial charge in [-0.1, -0.05) is 31.4 Å². The van der Waals surface area contributed by atoms with E-state index in [1.807, 2.05) is 0 Å². The normalized spacial score (nSPS) is 18.5. The van der Waals surface area contributed by atoms with Gasteiger partial charge in [0, 0.05) is 6.04 Å². The van der Waals surface area contributed by atoms with Crippen molar-refractivity contribution < 1.29 is 18.7 Å². The Morgan fingerprint density at radius 2 is 1.81 bits per heavy atom. The smallest absolute Gasteiger partial charge is 0.329 e. The number of nitrogens with zero attached hydrogens (tertiary/aromatic N) is 1. The molecule has 5 nitrogen and oxygen atoms in total. The number of halogens is 3. The summed E-state index contributed by atoms with van der Waals surface area (Å²) >= 11 is 6.99. The Morgan fingerprint density at radius 3 is 2.48 bits per heavy atom. The van der Waals surface area contributed by atoms with E-state index in [9.17, 15) is 14.0 Å². The topological polar surface area (TPSA) is 58.6 Å². The Bertz CT molecular complexity index is 1030. The second-order valence-corrected chi connectivity index (χ2v) is 9.40. The molecule has 1 aliphatic heterocycles. The van der Waals surface area contributed by atoms with Crippen LogP contribution in [0.1, 0.15) is 43.2 Å². The number of amides is 3. The van der Waals surface area contributed by atoms with Crippen molar-refractivity contribution in [1.29, 1.82) is 0 Å². The van der Waals surface area contributed by atoms with Crippen molar-refractivity contribution >= 4 is 49.9 Å². The van der Waals surface area contributed by atoms with Crippen LogP contribution in [-0.4, -0.2) is 22.9 Å². The van der Waals surface area contributed by atoms with E-state index < -0.39 is 0 Å². The maximum atomic E-state index is 13.4. The first-order chi connectivity index (χ1) is 14.9. The number of ether oxygens (including phenoxy) is 1. The maximum Gasteiger partial charge on any atom is 0.329 e. The van der Waals surface area contributed by atoms with E-state index in [2.05, 4.69) is 37.2 Å². The summed E-state index contributed by atoms with van der Waals surface area (Å²) in [7, 11) is 0. The minimum absolute atomic E-state index is 0.0239. The molecule has 0 spiro atoms. The lowest BCUT2D eigenvalue weighted by Gasteiger charge is -2.28. The van der Waals surface area contributed by atoms with Crippen molar-refractivity contribution in [3.8, 4) is 5.75 Å². The van der Waals surface area contributed by atoms with Crippen LogP contribution in [0.4, 0.5) is 9.18 Å². The number of urea groups is 1. The lowest BCUT2D eigenvalue weighted by Crippen LogP contribution is -2.41. The molecule has 2 aliphatic rings. The highest BCUT2D eigenvalue weighted by Crippen LogP contribution is 2.36. The van der Waals surface area contributed by atoms with Crippen molar-refractivity contribution in [2.24, 2.45) is 0 Å². The highest BCUT2D eigenvalue weighted by atomic mass is 79.9. The summed E-state index contributed by atoms with van der Waals surface area (Å²) < 4.78 is 20.5. The summed E-state index contributed by atoms with van der Waals surface area (Å²) in [5.74, 6) is -0.0284. The first kappa shape index (κ1) is 22.0. The van der Waals surface area contributed by atoms with Crippen LogP contribution in [0.15, 0.2) is 51.0 Å². The fourth-order valence-electron chi connectivity index (χ4n) is 3.97. The number of hydrogen-bond acceptors (Lipinski definition) is 3. The molecule has 2 aromatic rings. The highest BCUT2D eigenvalue weighted by Gasteiger charge is 2.38. The van der Waals surface area contributed by atoms with Crippen LogP contribution < -0.4 is 10.1 Å². The van der Waals surface area contributed by atoms with Crippen molar-refractivity contribution in [2.75, 3.05) is 0 Å². The van der Waals surface area contributed by atoms with Crippen molar-refractivity contribution in [2.45, 2.75) is 44.8 Å². The average molecular weight is 552 g/mol. The van der Waals surface area contributed by atoms with Gasteiger partial charge in [-0.05, 0) is 86.2 Å². The summed E-state index contributed by atoms with van der Waals surface area (Å²) in [6, 6.07) is 9.47. The van der Waals surface area contributed by atoms with Gasteiger partial charge in [0.25, 0.3) is 5.91 Å². The van der Waals surface area contributed by atoms with Crippen LogP contribution in [0.5, 0.6) is 5.75 Å². The third-order valence-electron chi connectivity index (χ3n) is 5.45. The van der Waals surface area contributed by atoms with E-state index in [1.54, 1.807) is 30.3 Å². The Morgan fingerprint density at radius 1 is 1.10 bits per heavy atom. The summed E-state index contributed by atoms with van der Waals surface area (Å²) in [6.07, 6.45) is 6.62. The fourth-order valence-corrected chi connectivity index (χ4v) is 5.42. The largest absolute Gasteiger partial charge is 0.487 e. The quantitative estimate of drug-likeness (QED) is 0.358. The third kappa shape index (κ3) is 5.01. The van der Waals surface area contributed by atoms with Crippen LogP contribution in [-0.2, 0) is 11.4 Å². The first-order valence-corrected chi connectivity index (χ1v) is 11.7. The van der Waals surface area contributed by atoms with Gasteiger partial charge in [0.2, 0.25) is 0 Å². The van der Waals surface area contributed by atoms with E-state index in [1.165, 1.54) is 17.0 Å². The van der Waals surface area contributed by atoms with Gasteiger partial charge < -0.3 is 10.1 Å². The second-order valence-electron chi connectivity index (χ2n) is 7.69. The molecule has 0 atom stereocenters. The number of benzene rings is 2. The number of carbonyl (C=O) groups is 2. The molecule has 0 unspecified atom stereocenters. The van der Waals surface area contributed by atoms with Gasteiger partial charge in [0.1, 0.15) is 23.9 Å². The molecule has 0 aromatic heterocycles. The number of carbonyl (C=O) groups excluding carboxylic acids is 2. The van der Waals surface area contributed by atoms with Crippen LogP contribution >= 0.6 is 31.9 Å². The zero-order valence-corrected chi connectivity index (χ0v) is 19.8. The first-order valence-electron chi connectivity index (χ1n) is 10.1. The Balaban J connectivity index is 1.50. The van der Waals surface area contributed by atoms with E-state index in [-0.39, 0.29) is 36.1 Å². The van der Waals surface area contributed by atoms with Gasteiger partial charge in [-0.3, -0.25) is 9.69 Å². The summed E-state index contributed by atoms with van der Waals surface area (Å²) in [6.45, 7) is 0.209. The molecule has 3 amide bonds. The molecule has 162 valence electrons. The lowest BCUT2D eigenvalue weighted by atomic mass is 9.94. The standard InChI is InChI=1S/C23H21Br2FN2O3/c24-18-10-15(11-19(25)21(18)31-13-14-5-4-6-16(26)9-14)12-20-22(29)28(23(30)27-20)17-7-2-1-3-8-17/h4-6,9-12,17H,1-3,7-8,13H2,(H,27,30)/b20-12-. The number of hydrogen-bond donors (Lipinski definition) is 1. The van der Waals surface area contributed by atoms with E-state index in [0.717, 1.165) is 37.7 Å². The van der Waals surface area contributed by atoms with Gasteiger partial charge in [-0.15, -0.1) is 0 Å². The summed E-state index contributed by atoms with van der Waals surface area (Å²) in [5.41, 5.74) is 1.71. The Hall–Kier alpha value is -2.19. The van der Waals surface area contributed by atoms with Crippen LogP contribution in [0, 0.1) is 5.82 Å². The van der Waals surface area contributed by atoms with Crippen molar-refractivity contribution in [1.82, 2.24) is 10.2 Å². The monoisotopic (exact) mass is 550 g/mol. The summed E-state index contributed by atoms with van der Waals surface area (Å²) in [4.78, 5) is 26.6. The molecule has 31 heavy (non-hydrogen) atoms. The minimum atomic E-state index is -0.351. The fraction of sp³-hybridized carbons (Fsp3) is 0.304. The van der Waals surface area contributed by atoms with Gasteiger partial charge in [-0.2, -0.15) is 0 Å². The molecule has 0 radical (unpaired) electrons. The molecule has 8 heteroatoms. The van der Waals surface area contributed by atoms with Crippen molar-refractivity contribution in [3.05, 3.63) is 68.0 Å². The molecule has 4 rings (SSSR count). The highest BCUT2D eigenvalue weighted by molar-refractivity contribution is 9.11. The number of nitrogens with one attached hydrogen (secondary N) is 1. The molecule has 1 aliphatic carbocycles. The van der Waals surface area contributed by atoms with Crippen LogP contribution in [0.2, 0.25) is 0 Å². The Kier molecular flexibility index (Phi) is 6.77. The van der Waals surface area contributed by atoms with E-state index in [4.69, 9.17) is 4.74 Å². The third-order valence-corrected chi connectivity index (χ3v) is 6.63. The number of rotatable bonds is 5. The average Bonchev–Trinajstić information content (AvgIpc) is 3.01. The summed E-state index contributed by atoms with van der Waals surface area (Å²) in [5, 5.41) is 2.71. The minimum Gasteiger partial charge on any atom is -0.487 e. The SMILES string of the molecule is O=C1N/C(=C\c2cc(Br)c(OCc3cccc(F)c3)c(Br)c2)C(=O)N1C1CCCCC1. The zero-order chi connectivity index (χ0) is 22.0. The van der Waals surface area contributed by atoms with Crippen molar-refractivity contribution in [3.63, 3.8) is 0 Å². The molecular weight excluding hydrogens is 531 g/mol.